The zero-order valence-corrected chi connectivity index (χ0v) is 17.1. The van der Waals surface area contributed by atoms with Crippen molar-refractivity contribution < 1.29 is 18.1 Å². The van der Waals surface area contributed by atoms with Crippen molar-refractivity contribution in [3.05, 3.63) is 46.6 Å². The van der Waals surface area contributed by atoms with Crippen molar-refractivity contribution in [2.45, 2.75) is 4.90 Å². The van der Waals surface area contributed by atoms with Gasteiger partial charge in [-0.1, -0.05) is 6.07 Å². The highest BCUT2D eigenvalue weighted by Gasteiger charge is 2.30. The van der Waals surface area contributed by atoms with E-state index in [-0.39, 0.29) is 23.7 Å². The highest BCUT2D eigenvalue weighted by Crippen LogP contribution is 2.24. The normalized spacial score (nSPS) is 18.4. The van der Waals surface area contributed by atoms with Gasteiger partial charge in [-0.3, -0.25) is 10.1 Å². The molecule has 0 atom stereocenters. The van der Waals surface area contributed by atoms with Gasteiger partial charge in [0.25, 0.3) is 5.69 Å². The summed E-state index contributed by atoms with van der Waals surface area (Å²) in [6.07, 6.45) is 1.71. The van der Waals surface area contributed by atoms with E-state index < -0.39 is 14.9 Å². The first-order chi connectivity index (χ1) is 14.4. The number of non-ortho nitro benzene ring substituents is 1. The van der Waals surface area contributed by atoms with Crippen molar-refractivity contribution in [2.75, 3.05) is 62.3 Å². The lowest BCUT2D eigenvalue weighted by molar-refractivity contribution is -0.385. The lowest BCUT2D eigenvalue weighted by Crippen LogP contribution is -2.49. The fraction of sp³-hybridized carbons (Fsp3) is 0.444. The molecule has 3 heterocycles. The molecule has 0 aliphatic carbocycles. The van der Waals surface area contributed by atoms with Gasteiger partial charge in [-0.15, -0.1) is 0 Å². The van der Waals surface area contributed by atoms with Crippen LogP contribution in [0.5, 0.6) is 0 Å². The van der Waals surface area contributed by atoms with E-state index in [0.29, 0.717) is 32.3 Å². The number of benzene rings is 1. The fourth-order valence-corrected chi connectivity index (χ4v) is 4.96. The van der Waals surface area contributed by atoms with Crippen LogP contribution in [0.1, 0.15) is 0 Å². The van der Waals surface area contributed by atoms with E-state index in [9.17, 15) is 18.5 Å². The molecule has 0 spiro atoms. The minimum absolute atomic E-state index is 0.0678. The van der Waals surface area contributed by atoms with Crippen molar-refractivity contribution in [3.63, 3.8) is 0 Å². The molecule has 1 aromatic heterocycles. The highest BCUT2D eigenvalue weighted by molar-refractivity contribution is 7.89. The second kappa shape index (κ2) is 8.50. The van der Waals surface area contributed by atoms with Gasteiger partial charge in [-0.2, -0.15) is 9.29 Å². The average molecular weight is 434 g/mol. The molecule has 12 heteroatoms. The number of morpholine rings is 1. The lowest BCUT2D eigenvalue weighted by Gasteiger charge is -2.35. The van der Waals surface area contributed by atoms with Crippen molar-refractivity contribution in [1.29, 1.82) is 0 Å². The van der Waals surface area contributed by atoms with Gasteiger partial charge in [0.15, 0.2) is 0 Å². The van der Waals surface area contributed by atoms with E-state index in [1.807, 2.05) is 11.0 Å². The van der Waals surface area contributed by atoms with Gasteiger partial charge < -0.3 is 14.5 Å². The maximum absolute atomic E-state index is 12.9. The van der Waals surface area contributed by atoms with Crippen LogP contribution in [0, 0.1) is 10.1 Å². The number of piperazine rings is 1. The Bertz CT molecular complexity index is 1020. The third-order valence-electron chi connectivity index (χ3n) is 5.15. The molecule has 2 aromatic rings. The summed E-state index contributed by atoms with van der Waals surface area (Å²) in [5.74, 6) is 1.39. The lowest BCUT2D eigenvalue weighted by atomic mass is 10.3. The number of nitro groups is 1. The summed E-state index contributed by atoms with van der Waals surface area (Å²) in [5.41, 5.74) is -0.244. The Morgan fingerprint density at radius 3 is 2.43 bits per heavy atom. The van der Waals surface area contributed by atoms with Crippen molar-refractivity contribution >= 4 is 27.5 Å². The van der Waals surface area contributed by atoms with E-state index in [1.165, 1.54) is 22.5 Å². The molecule has 30 heavy (non-hydrogen) atoms. The Hall–Kier alpha value is -2.83. The number of rotatable bonds is 5. The van der Waals surface area contributed by atoms with Crippen LogP contribution in [-0.2, 0) is 14.8 Å². The van der Waals surface area contributed by atoms with Gasteiger partial charge in [0.2, 0.25) is 16.0 Å². The largest absolute Gasteiger partial charge is 0.378 e. The van der Waals surface area contributed by atoms with Crippen LogP contribution < -0.4 is 9.80 Å². The van der Waals surface area contributed by atoms with Gasteiger partial charge in [0.05, 0.1) is 23.0 Å². The smallest absolute Gasteiger partial charge is 0.270 e. The zero-order valence-electron chi connectivity index (χ0n) is 16.3. The average Bonchev–Trinajstić information content (AvgIpc) is 2.80. The molecule has 1 aromatic carbocycles. The summed E-state index contributed by atoms with van der Waals surface area (Å²) in [5, 5.41) is 11.0. The molecule has 4 rings (SSSR count). The topological polar surface area (TPSA) is 122 Å². The standard InChI is InChI=1S/C18H22N6O5S/c25-24(26)15-2-1-3-16(14-15)30(27,28)23-8-6-21(7-9-23)17-4-5-19-18(20-17)22-10-12-29-13-11-22/h1-5,14H,6-13H2. The molecule has 2 aliphatic heterocycles. The molecule has 0 amide bonds. The summed E-state index contributed by atoms with van der Waals surface area (Å²) >= 11 is 0. The Balaban J connectivity index is 1.45. The maximum Gasteiger partial charge on any atom is 0.270 e. The van der Waals surface area contributed by atoms with Crippen molar-refractivity contribution in [1.82, 2.24) is 14.3 Å². The van der Waals surface area contributed by atoms with E-state index in [2.05, 4.69) is 14.9 Å². The zero-order chi connectivity index (χ0) is 21.1. The van der Waals surface area contributed by atoms with Crippen LogP contribution in [0.25, 0.3) is 0 Å². The number of nitro benzene ring substituents is 1. The van der Waals surface area contributed by atoms with Crippen molar-refractivity contribution in [2.24, 2.45) is 0 Å². The minimum atomic E-state index is -3.80. The van der Waals surface area contributed by atoms with Crippen LogP contribution in [0.4, 0.5) is 17.5 Å². The summed E-state index contributed by atoms with van der Waals surface area (Å²) in [6, 6.07) is 6.95. The Morgan fingerprint density at radius 1 is 1.00 bits per heavy atom. The number of hydrogen-bond donors (Lipinski definition) is 0. The van der Waals surface area contributed by atoms with Gasteiger partial charge >= 0.3 is 0 Å². The van der Waals surface area contributed by atoms with Gasteiger partial charge in [0, 0.05) is 57.6 Å². The third-order valence-corrected chi connectivity index (χ3v) is 7.05. The molecule has 2 fully saturated rings. The SMILES string of the molecule is O=[N+]([O-])c1cccc(S(=O)(=O)N2CCN(c3ccnc(N4CCOCC4)n3)CC2)c1. The molecule has 0 saturated carbocycles. The molecule has 0 bridgehead atoms. The van der Waals surface area contributed by atoms with Gasteiger partial charge in [-0.25, -0.2) is 13.4 Å². The number of ether oxygens (including phenoxy) is 1. The summed E-state index contributed by atoms with van der Waals surface area (Å²) in [4.78, 5) is 23.4. The van der Waals surface area contributed by atoms with E-state index in [0.717, 1.165) is 25.0 Å². The van der Waals surface area contributed by atoms with E-state index in [4.69, 9.17) is 4.74 Å². The number of hydrogen-bond acceptors (Lipinski definition) is 9. The van der Waals surface area contributed by atoms with Crippen LogP contribution in [-0.4, -0.2) is 80.1 Å². The van der Waals surface area contributed by atoms with E-state index in [1.54, 1.807) is 6.20 Å². The van der Waals surface area contributed by atoms with E-state index >= 15 is 0 Å². The summed E-state index contributed by atoms with van der Waals surface area (Å²) in [6.45, 7) is 4.21. The molecule has 0 radical (unpaired) electrons. The molecule has 2 saturated heterocycles. The second-order valence-corrected chi connectivity index (χ2v) is 8.90. The van der Waals surface area contributed by atoms with Crippen LogP contribution in [0.2, 0.25) is 0 Å². The predicted molar refractivity (Wildman–Crippen MR) is 109 cm³/mol. The summed E-state index contributed by atoms with van der Waals surface area (Å²) < 4.78 is 32.5. The quantitative estimate of drug-likeness (QED) is 0.495. The minimum Gasteiger partial charge on any atom is -0.378 e. The molecular weight excluding hydrogens is 412 g/mol. The molecule has 2 aliphatic rings. The number of nitrogens with zero attached hydrogens (tertiary/aromatic N) is 6. The van der Waals surface area contributed by atoms with Crippen molar-refractivity contribution in [3.8, 4) is 0 Å². The molecule has 0 unspecified atom stereocenters. The predicted octanol–water partition coefficient (Wildman–Crippen LogP) is 0.732. The van der Waals surface area contributed by atoms with Crippen LogP contribution >= 0.6 is 0 Å². The monoisotopic (exact) mass is 434 g/mol. The van der Waals surface area contributed by atoms with Gasteiger partial charge in [0.1, 0.15) is 5.82 Å². The van der Waals surface area contributed by atoms with Gasteiger partial charge in [-0.05, 0) is 12.1 Å². The molecule has 160 valence electrons. The fourth-order valence-electron chi connectivity index (χ4n) is 3.50. The number of anilines is 2. The molecule has 0 N–H and O–H groups in total. The molecular formula is C18H22N6O5S. The molecule has 11 nitrogen and oxygen atoms in total. The first-order valence-corrected chi connectivity index (χ1v) is 11.0. The maximum atomic E-state index is 12.9. The summed E-state index contributed by atoms with van der Waals surface area (Å²) in [7, 11) is -3.80. The second-order valence-electron chi connectivity index (χ2n) is 6.96. The Morgan fingerprint density at radius 2 is 1.73 bits per heavy atom. The first-order valence-electron chi connectivity index (χ1n) is 9.60. The third kappa shape index (κ3) is 4.20. The Labute approximate surface area is 174 Å². The number of sulfonamides is 1. The van der Waals surface area contributed by atoms with Crippen LogP contribution in [0.15, 0.2) is 41.4 Å². The highest BCUT2D eigenvalue weighted by atomic mass is 32.2. The number of aromatic nitrogens is 2. The van der Waals surface area contributed by atoms with Crippen LogP contribution in [0.3, 0.4) is 0 Å². The Kier molecular flexibility index (Phi) is 5.79. The first kappa shape index (κ1) is 20.4.